The summed E-state index contributed by atoms with van der Waals surface area (Å²) in [5, 5.41) is 4.80. The highest BCUT2D eigenvalue weighted by molar-refractivity contribution is 7.18. The summed E-state index contributed by atoms with van der Waals surface area (Å²) in [6.07, 6.45) is 2.46. The van der Waals surface area contributed by atoms with E-state index >= 15 is 0 Å². The molecule has 3 rings (SSSR count). The van der Waals surface area contributed by atoms with Crippen LogP contribution in [0.2, 0.25) is 5.28 Å². The van der Waals surface area contributed by atoms with Crippen LogP contribution in [0.3, 0.4) is 0 Å². The first kappa shape index (κ1) is 9.36. The predicted molar refractivity (Wildman–Crippen MR) is 63.8 cm³/mol. The lowest BCUT2D eigenvalue weighted by molar-refractivity contribution is 1.11. The average molecular weight is 240 g/mol. The number of rotatable bonds is 2. The zero-order chi connectivity index (χ0) is 10.4. The highest BCUT2D eigenvalue weighted by atomic mass is 35.5. The van der Waals surface area contributed by atoms with Crippen molar-refractivity contribution in [2.45, 2.75) is 25.8 Å². The second kappa shape index (κ2) is 3.32. The summed E-state index contributed by atoms with van der Waals surface area (Å²) >= 11 is 7.53. The maximum absolute atomic E-state index is 5.88. The van der Waals surface area contributed by atoms with Crippen LogP contribution in [0, 0.1) is 6.92 Å². The van der Waals surface area contributed by atoms with Gasteiger partial charge in [-0.3, -0.25) is 0 Å². The third kappa shape index (κ3) is 1.79. The quantitative estimate of drug-likeness (QED) is 0.818. The molecule has 1 aliphatic rings. The highest BCUT2D eigenvalue weighted by Gasteiger charge is 2.23. The van der Waals surface area contributed by atoms with Crippen LogP contribution in [0.25, 0.3) is 10.2 Å². The predicted octanol–water partition coefficient (Wildman–Crippen LogP) is 3.23. The van der Waals surface area contributed by atoms with Gasteiger partial charge in [0.1, 0.15) is 10.6 Å². The van der Waals surface area contributed by atoms with Gasteiger partial charge in [-0.05, 0) is 37.4 Å². The molecule has 1 fully saturated rings. The molecule has 2 aromatic rings. The Morgan fingerprint density at radius 2 is 2.27 bits per heavy atom. The van der Waals surface area contributed by atoms with Gasteiger partial charge in [-0.15, -0.1) is 11.3 Å². The number of hydrogen-bond acceptors (Lipinski definition) is 4. The summed E-state index contributed by atoms with van der Waals surface area (Å²) in [5.74, 6) is 0.886. The summed E-state index contributed by atoms with van der Waals surface area (Å²) < 4.78 is 0. The summed E-state index contributed by atoms with van der Waals surface area (Å²) in [7, 11) is 0. The molecule has 0 unspecified atom stereocenters. The van der Waals surface area contributed by atoms with E-state index in [4.69, 9.17) is 11.6 Å². The maximum Gasteiger partial charge on any atom is 0.225 e. The molecule has 0 bridgehead atoms. The molecular weight excluding hydrogens is 230 g/mol. The van der Waals surface area contributed by atoms with Crippen LogP contribution in [-0.2, 0) is 0 Å². The van der Waals surface area contributed by atoms with E-state index in [1.54, 1.807) is 11.3 Å². The Hall–Kier alpha value is -0.870. The van der Waals surface area contributed by atoms with E-state index in [9.17, 15) is 0 Å². The number of aromatic nitrogens is 2. The molecule has 2 heterocycles. The second-order valence-corrected chi connectivity index (χ2v) is 5.41. The molecule has 1 saturated carbocycles. The van der Waals surface area contributed by atoms with E-state index in [2.05, 4.69) is 28.3 Å². The zero-order valence-electron chi connectivity index (χ0n) is 8.25. The number of aryl methyl sites for hydroxylation is 1. The molecule has 1 N–H and O–H groups in total. The molecule has 0 saturated heterocycles. The first-order chi connectivity index (χ1) is 7.22. The fraction of sp³-hybridized carbons (Fsp3) is 0.400. The van der Waals surface area contributed by atoms with E-state index in [1.165, 1.54) is 17.7 Å². The van der Waals surface area contributed by atoms with Crippen molar-refractivity contribution >= 4 is 39.0 Å². The van der Waals surface area contributed by atoms with Crippen LogP contribution in [-0.4, -0.2) is 16.0 Å². The van der Waals surface area contributed by atoms with Crippen LogP contribution in [0.4, 0.5) is 5.82 Å². The lowest BCUT2D eigenvalue weighted by atomic mass is 10.3. The van der Waals surface area contributed by atoms with E-state index in [0.29, 0.717) is 11.3 Å². The molecule has 0 spiro atoms. The van der Waals surface area contributed by atoms with E-state index in [-0.39, 0.29) is 0 Å². The number of halogens is 1. The Balaban J connectivity index is 2.15. The van der Waals surface area contributed by atoms with Gasteiger partial charge in [-0.2, -0.15) is 0 Å². The van der Waals surface area contributed by atoms with Crippen molar-refractivity contribution in [2.75, 3.05) is 5.32 Å². The zero-order valence-corrected chi connectivity index (χ0v) is 9.82. The largest absolute Gasteiger partial charge is 0.367 e. The van der Waals surface area contributed by atoms with Crippen LogP contribution in [0.1, 0.15) is 17.7 Å². The summed E-state index contributed by atoms with van der Waals surface area (Å²) in [6, 6.07) is 2.69. The number of nitrogens with one attached hydrogen (secondary N) is 1. The molecule has 2 aromatic heterocycles. The highest BCUT2D eigenvalue weighted by Crippen LogP contribution is 2.32. The van der Waals surface area contributed by atoms with Gasteiger partial charge in [0.2, 0.25) is 5.28 Å². The number of hydrogen-bond donors (Lipinski definition) is 1. The summed E-state index contributed by atoms with van der Waals surface area (Å²) in [6.45, 7) is 2.07. The minimum atomic E-state index is 0.326. The Morgan fingerprint density at radius 3 is 3.00 bits per heavy atom. The maximum atomic E-state index is 5.88. The van der Waals surface area contributed by atoms with Crippen molar-refractivity contribution in [1.29, 1.82) is 0 Å². The van der Waals surface area contributed by atoms with Crippen molar-refractivity contribution in [3.63, 3.8) is 0 Å². The van der Waals surface area contributed by atoms with Gasteiger partial charge < -0.3 is 5.32 Å². The smallest absolute Gasteiger partial charge is 0.225 e. The van der Waals surface area contributed by atoms with Gasteiger partial charge in [0.05, 0.1) is 5.39 Å². The molecule has 0 radical (unpaired) electrons. The third-order valence-corrected chi connectivity index (χ3v) is 3.52. The van der Waals surface area contributed by atoms with Crippen molar-refractivity contribution in [3.05, 3.63) is 16.2 Å². The van der Waals surface area contributed by atoms with Crippen molar-refractivity contribution in [3.8, 4) is 0 Å². The molecule has 78 valence electrons. The van der Waals surface area contributed by atoms with Crippen LogP contribution in [0.15, 0.2) is 6.07 Å². The summed E-state index contributed by atoms with van der Waals surface area (Å²) in [4.78, 5) is 10.7. The van der Waals surface area contributed by atoms with Crippen LogP contribution in [0.5, 0.6) is 0 Å². The number of thiophene rings is 1. The summed E-state index contributed by atoms with van der Waals surface area (Å²) in [5.41, 5.74) is 0. The van der Waals surface area contributed by atoms with Gasteiger partial charge in [0.15, 0.2) is 0 Å². The molecule has 1 aliphatic carbocycles. The van der Waals surface area contributed by atoms with E-state index in [0.717, 1.165) is 16.0 Å². The van der Waals surface area contributed by atoms with Gasteiger partial charge in [-0.1, -0.05) is 0 Å². The lowest BCUT2D eigenvalue weighted by Gasteiger charge is -2.04. The normalized spacial score (nSPS) is 15.9. The first-order valence-electron chi connectivity index (χ1n) is 4.92. The lowest BCUT2D eigenvalue weighted by Crippen LogP contribution is -2.03. The number of fused-ring (bicyclic) bond motifs is 1. The van der Waals surface area contributed by atoms with E-state index in [1.807, 2.05) is 0 Å². The average Bonchev–Trinajstić information content (AvgIpc) is 2.87. The monoisotopic (exact) mass is 239 g/mol. The first-order valence-corrected chi connectivity index (χ1v) is 6.12. The molecule has 3 nitrogen and oxygen atoms in total. The second-order valence-electron chi connectivity index (χ2n) is 3.84. The fourth-order valence-electron chi connectivity index (χ4n) is 1.55. The van der Waals surface area contributed by atoms with Gasteiger partial charge in [0, 0.05) is 10.9 Å². The fourth-order valence-corrected chi connectivity index (χ4v) is 2.65. The number of anilines is 1. The Morgan fingerprint density at radius 1 is 1.47 bits per heavy atom. The van der Waals surface area contributed by atoms with Crippen LogP contribution < -0.4 is 5.32 Å². The minimum absolute atomic E-state index is 0.326. The molecule has 0 atom stereocenters. The SMILES string of the molecule is Cc1cc2c(NC3CC3)nc(Cl)nc2s1. The van der Waals surface area contributed by atoms with E-state index < -0.39 is 0 Å². The van der Waals surface area contributed by atoms with Crippen LogP contribution >= 0.6 is 22.9 Å². The van der Waals surface area contributed by atoms with Gasteiger partial charge >= 0.3 is 0 Å². The van der Waals surface area contributed by atoms with Crippen molar-refractivity contribution in [2.24, 2.45) is 0 Å². The van der Waals surface area contributed by atoms with Crippen molar-refractivity contribution in [1.82, 2.24) is 9.97 Å². The molecule has 0 aromatic carbocycles. The van der Waals surface area contributed by atoms with Gasteiger partial charge in [-0.25, -0.2) is 9.97 Å². The van der Waals surface area contributed by atoms with Crippen molar-refractivity contribution < 1.29 is 0 Å². The Bertz CT molecular complexity index is 519. The topological polar surface area (TPSA) is 37.8 Å². The Labute approximate surface area is 96.5 Å². The molecule has 15 heavy (non-hydrogen) atoms. The third-order valence-electron chi connectivity index (χ3n) is 2.41. The molecular formula is C10H10ClN3S. The standard InChI is InChI=1S/C10H10ClN3S/c1-5-4-7-8(12-6-2-3-6)13-10(11)14-9(7)15-5/h4,6H,2-3H2,1H3,(H,12,13,14). The molecule has 5 heteroatoms. The molecule has 0 aliphatic heterocycles. The number of nitrogens with zero attached hydrogens (tertiary/aromatic N) is 2. The molecule has 0 amide bonds. The van der Waals surface area contributed by atoms with Gasteiger partial charge in [0.25, 0.3) is 0 Å². The Kier molecular flexibility index (Phi) is 2.07. The minimum Gasteiger partial charge on any atom is -0.367 e.